The van der Waals surface area contributed by atoms with Gasteiger partial charge in [-0.25, -0.2) is 4.21 Å². The quantitative estimate of drug-likeness (QED) is 0.740. The molecule has 84 valence electrons. The van der Waals surface area contributed by atoms with Crippen molar-refractivity contribution in [2.24, 2.45) is 0 Å². The van der Waals surface area contributed by atoms with Gasteiger partial charge in [-0.3, -0.25) is 9.52 Å². The molecule has 0 bridgehead atoms. The summed E-state index contributed by atoms with van der Waals surface area (Å²) >= 11 is 0. The van der Waals surface area contributed by atoms with E-state index in [9.17, 15) is 9.00 Å². The van der Waals surface area contributed by atoms with Gasteiger partial charge in [-0.05, 0) is 19.1 Å². The molecule has 0 fully saturated rings. The van der Waals surface area contributed by atoms with E-state index in [1.165, 1.54) is 0 Å². The molecule has 0 radical (unpaired) electrons. The van der Waals surface area contributed by atoms with Crippen LogP contribution in [-0.4, -0.2) is 10.1 Å². The molecule has 1 unspecified atom stereocenters. The van der Waals surface area contributed by atoms with Crippen molar-refractivity contribution in [1.29, 1.82) is 0 Å². The van der Waals surface area contributed by atoms with Gasteiger partial charge in [0.15, 0.2) is 11.0 Å². The molecule has 0 saturated heterocycles. The minimum Gasteiger partial charge on any atom is -0.268 e. The molecule has 0 aliphatic carbocycles. The highest BCUT2D eigenvalue weighted by molar-refractivity contribution is 7.84. The summed E-state index contributed by atoms with van der Waals surface area (Å²) in [6.07, 6.45) is 0. The van der Waals surface area contributed by atoms with E-state index in [4.69, 9.17) is 0 Å². The number of carbonyl (C=O) groups is 1. The van der Waals surface area contributed by atoms with E-state index in [1.807, 2.05) is 26.8 Å². The van der Waals surface area contributed by atoms with E-state index >= 15 is 0 Å². The molecule has 1 atom stereocenters. The van der Waals surface area contributed by atoms with Crippen LogP contribution in [0.3, 0.4) is 0 Å². The Balaban J connectivity index is 0.000000617. The van der Waals surface area contributed by atoms with Crippen molar-refractivity contribution in [3.05, 3.63) is 29.3 Å². The maximum absolute atomic E-state index is 11.2. The van der Waals surface area contributed by atoms with Gasteiger partial charge in [-0.1, -0.05) is 32.9 Å². The number of benzene rings is 1. The normalized spacial score (nSPS) is 16.7. The maximum atomic E-state index is 11.2. The van der Waals surface area contributed by atoms with Crippen LogP contribution in [0.2, 0.25) is 0 Å². The Morgan fingerprint density at radius 2 is 1.87 bits per heavy atom. The van der Waals surface area contributed by atoms with E-state index in [2.05, 4.69) is 4.72 Å². The van der Waals surface area contributed by atoms with Crippen LogP contribution >= 0.6 is 0 Å². The number of hydrogen-bond donors (Lipinski definition) is 1. The first kappa shape index (κ1) is 13.8. The van der Waals surface area contributed by atoms with Crippen LogP contribution in [0.5, 0.6) is 0 Å². The summed E-state index contributed by atoms with van der Waals surface area (Å²) in [6, 6.07) is 5.31. The number of carbonyl (C=O) groups excluding carboxylic acids is 1. The van der Waals surface area contributed by atoms with Crippen LogP contribution in [0.15, 0.2) is 23.1 Å². The molecule has 1 heterocycles. The summed E-state index contributed by atoms with van der Waals surface area (Å²) in [5, 5.41) is 0. The molecule has 1 aliphatic rings. The maximum Gasteiger partial charge on any atom is 0.264 e. The predicted octanol–water partition coefficient (Wildman–Crippen LogP) is 2.42. The lowest BCUT2D eigenvalue weighted by Gasteiger charge is -1.94. The number of fused-ring (bicyclic) bond motifs is 1. The number of hydrogen-bond acceptors (Lipinski definition) is 2. The summed E-state index contributed by atoms with van der Waals surface area (Å²) in [7, 11) is -1.34. The van der Waals surface area contributed by atoms with Gasteiger partial charge in [-0.15, -0.1) is 0 Å². The number of amides is 1. The molecule has 1 aromatic rings. The van der Waals surface area contributed by atoms with Crippen LogP contribution < -0.4 is 4.72 Å². The molecule has 15 heavy (non-hydrogen) atoms. The topological polar surface area (TPSA) is 46.2 Å². The third-order valence-corrected chi connectivity index (χ3v) is 2.89. The molecule has 0 spiro atoms. The molecular formula is C11H17NO2S. The van der Waals surface area contributed by atoms with Gasteiger partial charge < -0.3 is 0 Å². The summed E-state index contributed by atoms with van der Waals surface area (Å²) in [6.45, 7) is 5.90. The Labute approximate surface area is 93.5 Å². The van der Waals surface area contributed by atoms with Crippen LogP contribution in [0.25, 0.3) is 0 Å². The molecule has 1 aromatic carbocycles. The van der Waals surface area contributed by atoms with Crippen molar-refractivity contribution in [2.45, 2.75) is 33.1 Å². The molecule has 0 aromatic heterocycles. The molecule has 3 nitrogen and oxygen atoms in total. The number of nitrogens with one attached hydrogen (secondary N) is 1. The second-order valence-corrected chi connectivity index (χ2v) is 3.88. The Hall–Kier alpha value is -1.16. The van der Waals surface area contributed by atoms with Crippen molar-refractivity contribution >= 4 is 16.9 Å². The summed E-state index contributed by atoms with van der Waals surface area (Å²) in [5.74, 6) is -0.243. The minimum atomic E-state index is -1.34. The first-order valence-corrected chi connectivity index (χ1v) is 5.67. The zero-order chi connectivity index (χ0) is 10.7. The van der Waals surface area contributed by atoms with E-state index in [1.54, 1.807) is 12.1 Å². The van der Waals surface area contributed by atoms with Gasteiger partial charge in [0.1, 0.15) is 0 Å². The average molecular weight is 227 g/mol. The van der Waals surface area contributed by atoms with Crippen molar-refractivity contribution in [1.82, 2.24) is 4.72 Å². The van der Waals surface area contributed by atoms with Gasteiger partial charge in [0.2, 0.25) is 0 Å². The third kappa shape index (κ3) is 2.65. The van der Waals surface area contributed by atoms with Gasteiger partial charge in [0.05, 0.1) is 10.5 Å². The van der Waals surface area contributed by atoms with E-state index < -0.39 is 11.0 Å². The first-order valence-electron chi connectivity index (χ1n) is 4.52. The van der Waals surface area contributed by atoms with Gasteiger partial charge in [-0.2, -0.15) is 0 Å². The van der Waals surface area contributed by atoms with Crippen molar-refractivity contribution in [3.8, 4) is 0 Å². The average Bonchev–Trinajstić information content (AvgIpc) is 2.46. The second kappa shape index (κ2) is 5.66. The SMILES string of the molecule is C.CC.Cc1ccc2c(c1)C(=O)NS2=O. The lowest BCUT2D eigenvalue weighted by atomic mass is 10.1. The highest BCUT2D eigenvalue weighted by atomic mass is 32.2. The lowest BCUT2D eigenvalue weighted by Crippen LogP contribution is -2.15. The summed E-state index contributed by atoms with van der Waals surface area (Å²) in [5.41, 5.74) is 1.54. The van der Waals surface area contributed by atoms with Gasteiger partial charge in [0.25, 0.3) is 5.91 Å². The minimum absolute atomic E-state index is 0. The fraction of sp³-hybridized carbons (Fsp3) is 0.364. The van der Waals surface area contributed by atoms with Gasteiger partial charge in [0, 0.05) is 0 Å². The van der Waals surface area contributed by atoms with Crippen LogP contribution in [0.1, 0.15) is 37.2 Å². The zero-order valence-electron chi connectivity index (χ0n) is 8.46. The van der Waals surface area contributed by atoms with E-state index in [0.717, 1.165) is 5.56 Å². The molecule has 4 heteroatoms. The van der Waals surface area contributed by atoms with Crippen molar-refractivity contribution in [2.75, 3.05) is 0 Å². The Bertz CT molecular complexity index is 388. The Kier molecular flexibility index (Phi) is 5.22. The van der Waals surface area contributed by atoms with Crippen LogP contribution in [0, 0.1) is 6.92 Å². The van der Waals surface area contributed by atoms with Gasteiger partial charge >= 0.3 is 0 Å². The molecular weight excluding hydrogens is 210 g/mol. The van der Waals surface area contributed by atoms with Crippen LogP contribution in [-0.2, 0) is 11.0 Å². The van der Waals surface area contributed by atoms with Crippen molar-refractivity contribution in [3.63, 3.8) is 0 Å². The fourth-order valence-electron chi connectivity index (χ4n) is 1.18. The monoisotopic (exact) mass is 227 g/mol. The molecule has 0 saturated carbocycles. The molecule has 1 N–H and O–H groups in total. The third-order valence-electron chi connectivity index (χ3n) is 1.76. The lowest BCUT2D eigenvalue weighted by molar-refractivity contribution is 0.0986. The number of rotatable bonds is 0. The zero-order valence-corrected chi connectivity index (χ0v) is 9.27. The largest absolute Gasteiger partial charge is 0.268 e. The highest BCUT2D eigenvalue weighted by Gasteiger charge is 2.24. The highest BCUT2D eigenvalue weighted by Crippen LogP contribution is 2.19. The Morgan fingerprint density at radius 3 is 2.47 bits per heavy atom. The molecule has 2 rings (SSSR count). The predicted molar refractivity (Wildman–Crippen MR) is 63.1 cm³/mol. The first-order chi connectivity index (χ1) is 6.68. The van der Waals surface area contributed by atoms with E-state index in [-0.39, 0.29) is 13.3 Å². The van der Waals surface area contributed by atoms with E-state index in [0.29, 0.717) is 10.5 Å². The van der Waals surface area contributed by atoms with Crippen molar-refractivity contribution < 1.29 is 9.00 Å². The Morgan fingerprint density at radius 1 is 1.27 bits per heavy atom. The smallest absolute Gasteiger partial charge is 0.264 e. The molecule has 1 aliphatic heterocycles. The summed E-state index contributed by atoms with van der Waals surface area (Å²) < 4.78 is 13.5. The van der Waals surface area contributed by atoms with Crippen LogP contribution in [0.4, 0.5) is 0 Å². The fourth-order valence-corrected chi connectivity index (χ4v) is 2.11. The number of aryl methyl sites for hydroxylation is 1. The molecule has 1 amide bonds. The second-order valence-electron chi connectivity index (χ2n) is 2.70. The summed E-state index contributed by atoms with van der Waals surface area (Å²) in [4.78, 5) is 11.7. The standard InChI is InChI=1S/C8H7NO2S.C2H6.CH4/c1-5-2-3-7-6(4-5)8(10)9-12(7)11;1-2;/h2-4H,1H3,(H,9,10);1-2H3;1H4.